The van der Waals surface area contributed by atoms with Crippen LogP contribution in [0.25, 0.3) is 0 Å². The zero-order chi connectivity index (χ0) is 12.3. The van der Waals surface area contributed by atoms with Gasteiger partial charge in [0.05, 0.1) is 12.1 Å². The summed E-state index contributed by atoms with van der Waals surface area (Å²) in [7, 11) is 0. The molecule has 3 atom stereocenters. The third-order valence-corrected chi connectivity index (χ3v) is 3.54. The Hall–Kier alpha value is -0.650. The summed E-state index contributed by atoms with van der Waals surface area (Å²) < 4.78 is 5.42. The lowest BCUT2D eigenvalue weighted by atomic mass is 10.0. The molecule has 0 aromatic carbocycles. The molecule has 2 saturated heterocycles. The van der Waals surface area contributed by atoms with Crippen LogP contribution in [0.4, 0.5) is 0 Å². The summed E-state index contributed by atoms with van der Waals surface area (Å²) in [6.45, 7) is 4.32. The first-order valence-corrected chi connectivity index (χ1v) is 6.54. The zero-order valence-electron chi connectivity index (χ0n) is 10.4. The van der Waals surface area contributed by atoms with E-state index in [1.54, 1.807) is 4.90 Å². The second-order valence-corrected chi connectivity index (χ2v) is 4.81. The normalized spacial score (nSPS) is 34.0. The molecule has 17 heavy (non-hydrogen) atoms. The topological polar surface area (TPSA) is 61.8 Å². The van der Waals surface area contributed by atoms with Gasteiger partial charge in [0.2, 0.25) is 5.91 Å². The van der Waals surface area contributed by atoms with Crippen LogP contribution < -0.4 is 5.32 Å². The highest BCUT2D eigenvalue weighted by atomic mass is 16.5. The van der Waals surface area contributed by atoms with Crippen molar-refractivity contribution in [3.05, 3.63) is 0 Å². The molecule has 2 aliphatic rings. The minimum atomic E-state index is -0.539. The Morgan fingerprint density at radius 1 is 1.47 bits per heavy atom. The van der Waals surface area contributed by atoms with Gasteiger partial charge in [-0.2, -0.15) is 0 Å². The van der Waals surface area contributed by atoms with Crippen LogP contribution in [0.3, 0.4) is 0 Å². The average molecular weight is 242 g/mol. The van der Waals surface area contributed by atoms with Gasteiger partial charge in [0, 0.05) is 19.7 Å². The van der Waals surface area contributed by atoms with Crippen molar-refractivity contribution in [3.8, 4) is 0 Å². The minimum absolute atomic E-state index is 0.0590. The van der Waals surface area contributed by atoms with Crippen molar-refractivity contribution in [2.75, 3.05) is 26.2 Å². The molecule has 0 spiro atoms. The van der Waals surface area contributed by atoms with Crippen LogP contribution in [0.1, 0.15) is 26.2 Å². The van der Waals surface area contributed by atoms with Gasteiger partial charge in [-0.25, -0.2) is 0 Å². The van der Waals surface area contributed by atoms with Crippen molar-refractivity contribution in [2.24, 2.45) is 0 Å². The smallest absolute Gasteiger partial charge is 0.239 e. The van der Waals surface area contributed by atoms with Crippen molar-refractivity contribution in [1.29, 1.82) is 0 Å². The van der Waals surface area contributed by atoms with Crippen LogP contribution >= 0.6 is 0 Å². The van der Waals surface area contributed by atoms with Crippen LogP contribution in [0.2, 0.25) is 0 Å². The fraction of sp³-hybridized carbons (Fsp3) is 0.917. The maximum atomic E-state index is 12.2. The number of likely N-dealkylation sites (tertiary alicyclic amines) is 1. The number of nitrogens with zero attached hydrogens (tertiary/aromatic N) is 1. The lowest BCUT2D eigenvalue weighted by Gasteiger charge is -2.27. The molecule has 2 fully saturated rings. The number of ether oxygens (including phenoxy) is 1. The number of rotatable bonds is 3. The number of aliphatic hydroxyl groups excluding tert-OH is 1. The van der Waals surface area contributed by atoms with E-state index in [4.69, 9.17) is 4.74 Å². The van der Waals surface area contributed by atoms with Gasteiger partial charge in [0.25, 0.3) is 0 Å². The molecule has 2 heterocycles. The first kappa shape index (κ1) is 12.8. The molecule has 2 aliphatic heterocycles. The first-order chi connectivity index (χ1) is 8.22. The molecule has 0 aliphatic carbocycles. The molecule has 98 valence electrons. The van der Waals surface area contributed by atoms with Gasteiger partial charge in [-0.05, 0) is 26.3 Å². The van der Waals surface area contributed by atoms with Crippen LogP contribution in [-0.2, 0) is 9.53 Å². The van der Waals surface area contributed by atoms with Gasteiger partial charge in [0.1, 0.15) is 6.10 Å². The fourth-order valence-corrected chi connectivity index (χ4v) is 2.60. The Morgan fingerprint density at radius 3 is 2.94 bits per heavy atom. The van der Waals surface area contributed by atoms with Gasteiger partial charge in [0.15, 0.2) is 0 Å². The number of carbonyl (C=O) groups excluding carboxylic acids is 1. The molecule has 5 heteroatoms. The van der Waals surface area contributed by atoms with Gasteiger partial charge < -0.3 is 20.1 Å². The summed E-state index contributed by atoms with van der Waals surface area (Å²) in [4.78, 5) is 13.9. The Balaban J connectivity index is 1.88. The van der Waals surface area contributed by atoms with Gasteiger partial charge in [-0.1, -0.05) is 6.42 Å². The monoisotopic (exact) mass is 242 g/mol. The molecule has 2 rings (SSSR count). The molecular weight excluding hydrogens is 220 g/mol. The van der Waals surface area contributed by atoms with Crippen molar-refractivity contribution < 1.29 is 14.6 Å². The van der Waals surface area contributed by atoms with Crippen LogP contribution in [0, 0.1) is 0 Å². The number of β-amino-alcohol motifs (C(OH)–C–C–N with tert-alkyl or cyclic N) is 1. The first-order valence-electron chi connectivity index (χ1n) is 6.54. The van der Waals surface area contributed by atoms with E-state index in [0.29, 0.717) is 19.7 Å². The van der Waals surface area contributed by atoms with Crippen LogP contribution in [-0.4, -0.2) is 60.4 Å². The molecule has 0 aromatic heterocycles. The molecule has 0 saturated carbocycles. The summed E-state index contributed by atoms with van der Waals surface area (Å²) in [6.07, 6.45) is 2.41. The molecule has 1 amide bonds. The number of nitrogens with one attached hydrogen (secondary N) is 1. The van der Waals surface area contributed by atoms with E-state index in [2.05, 4.69) is 5.32 Å². The number of aliphatic hydroxyl groups is 1. The average Bonchev–Trinajstić information content (AvgIpc) is 2.72. The fourth-order valence-electron chi connectivity index (χ4n) is 2.60. The highest BCUT2D eigenvalue weighted by Crippen LogP contribution is 2.17. The highest BCUT2D eigenvalue weighted by Gasteiger charge is 2.37. The van der Waals surface area contributed by atoms with Crippen molar-refractivity contribution >= 4 is 5.91 Å². The van der Waals surface area contributed by atoms with Crippen LogP contribution in [0.15, 0.2) is 0 Å². The standard InChI is InChI=1S/C12H22N2O3/c1-2-17-11-8-14(7-10(11)15)12(16)9-5-3-4-6-13-9/h9-11,13,15H,2-8H2,1H3/t9-,10+,11+/m0/s1. The maximum Gasteiger partial charge on any atom is 0.239 e. The lowest BCUT2D eigenvalue weighted by Crippen LogP contribution is -2.48. The number of piperidine rings is 1. The Labute approximate surface area is 102 Å². The lowest BCUT2D eigenvalue weighted by molar-refractivity contribution is -0.133. The number of hydrogen-bond donors (Lipinski definition) is 2. The van der Waals surface area contributed by atoms with E-state index < -0.39 is 6.10 Å². The van der Waals surface area contributed by atoms with Gasteiger partial charge in [-0.15, -0.1) is 0 Å². The Kier molecular flexibility index (Phi) is 4.36. The Bertz CT molecular complexity index is 266. The molecule has 2 N–H and O–H groups in total. The highest BCUT2D eigenvalue weighted by molar-refractivity contribution is 5.82. The van der Waals surface area contributed by atoms with Crippen LogP contribution in [0.5, 0.6) is 0 Å². The summed E-state index contributed by atoms with van der Waals surface area (Å²) in [5.41, 5.74) is 0. The summed E-state index contributed by atoms with van der Waals surface area (Å²) in [6, 6.07) is -0.0590. The van der Waals surface area contributed by atoms with E-state index >= 15 is 0 Å². The molecule has 0 unspecified atom stereocenters. The van der Waals surface area contributed by atoms with E-state index in [1.165, 1.54) is 0 Å². The third kappa shape index (κ3) is 2.97. The van der Waals surface area contributed by atoms with E-state index in [1.807, 2.05) is 6.92 Å². The van der Waals surface area contributed by atoms with E-state index in [-0.39, 0.29) is 18.1 Å². The predicted molar refractivity (Wildman–Crippen MR) is 63.6 cm³/mol. The zero-order valence-corrected chi connectivity index (χ0v) is 10.4. The summed E-state index contributed by atoms with van der Waals surface area (Å²) >= 11 is 0. The van der Waals surface area contributed by atoms with E-state index in [9.17, 15) is 9.90 Å². The Morgan fingerprint density at radius 2 is 2.29 bits per heavy atom. The number of carbonyl (C=O) groups is 1. The quantitative estimate of drug-likeness (QED) is 0.715. The molecule has 0 aromatic rings. The van der Waals surface area contributed by atoms with Crippen molar-refractivity contribution in [1.82, 2.24) is 10.2 Å². The summed E-state index contributed by atoms with van der Waals surface area (Å²) in [5, 5.41) is 13.0. The maximum absolute atomic E-state index is 12.2. The summed E-state index contributed by atoms with van der Waals surface area (Å²) in [5.74, 6) is 0.117. The second kappa shape index (κ2) is 5.80. The molecule has 0 radical (unpaired) electrons. The molecule has 5 nitrogen and oxygen atoms in total. The third-order valence-electron chi connectivity index (χ3n) is 3.54. The minimum Gasteiger partial charge on any atom is -0.388 e. The number of amides is 1. The molecule has 0 bridgehead atoms. The van der Waals surface area contributed by atoms with Gasteiger partial charge >= 0.3 is 0 Å². The van der Waals surface area contributed by atoms with Crippen molar-refractivity contribution in [3.63, 3.8) is 0 Å². The SMILES string of the molecule is CCO[C@@H]1CN(C(=O)[C@@H]2CCCCN2)C[C@H]1O. The number of hydrogen-bond acceptors (Lipinski definition) is 4. The van der Waals surface area contributed by atoms with E-state index in [0.717, 1.165) is 25.8 Å². The predicted octanol–water partition coefficient (Wildman–Crippen LogP) is -0.263. The molecular formula is C12H22N2O3. The van der Waals surface area contributed by atoms with Gasteiger partial charge in [-0.3, -0.25) is 4.79 Å². The van der Waals surface area contributed by atoms with Crippen molar-refractivity contribution in [2.45, 2.75) is 44.4 Å². The largest absolute Gasteiger partial charge is 0.388 e. The second-order valence-electron chi connectivity index (χ2n) is 4.81.